The maximum Gasteiger partial charge on any atom is 0.334 e. The van der Waals surface area contributed by atoms with Crippen LogP contribution >= 0.6 is 11.6 Å². The van der Waals surface area contributed by atoms with Crippen molar-refractivity contribution in [1.29, 1.82) is 0 Å². The second-order valence-corrected chi connectivity index (χ2v) is 5.89. The molecule has 6 heteroatoms. The van der Waals surface area contributed by atoms with Gasteiger partial charge in [-0.15, -0.1) is 0 Å². The summed E-state index contributed by atoms with van der Waals surface area (Å²) in [5.74, 6) is -0.268. The molecule has 116 valence electrons. The van der Waals surface area contributed by atoms with E-state index in [4.69, 9.17) is 16.3 Å². The number of benzene rings is 2. The lowest BCUT2D eigenvalue weighted by atomic mass is 10.2. The van der Waals surface area contributed by atoms with Crippen LogP contribution in [0.4, 0.5) is 10.5 Å². The normalized spacial score (nSPS) is 23.5. The number of urea groups is 1. The summed E-state index contributed by atoms with van der Waals surface area (Å²) in [4.78, 5) is 28.1. The highest BCUT2D eigenvalue weighted by Gasteiger charge is 2.53. The third-order valence-electron chi connectivity index (χ3n) is 4.09. The Bertz CT molecular complexity index is 763. The van der Waals surface area contributed by atoms with E-state index in [9.17, 15) is 9.59 Å². The first kappa shape index (κ1) is 14.2. The van der Waals surface area contributed by atoms with E-state index in [0.29, 0.717) is 10.7 Å². The van der Waals surface area contributed by atoms with Crippen LogP contribution in [0.5, 0.6) is 0 Å². The Morgan fingerprint density at radius 2 is 1.70 bits per heavy atom. The van der Waals surface area contributed by atoms with Gasteiger partial charge < -0.3 is 4.74 Å². The molecule has 2 fully saturated rings. The molecule has 0 N–H and O–H groups in total. The van der Waals surface area contributed by atoms with Crippen LogP contribution in [0.15, 0.2) is 54.6 Å². The van der Waals surface area contributed by atoms with E-state index in [2.05, 4.69) is 0 Å². The highest BCUT2D eigenvalue weighted by molar-refractivity contribution is 6.30. The average Bonchev–Trinajstić information content (AvgIpc) is 3.11. The summed E-state index contributed by atoms with van der Waals surface area (Å²) < 4.78 is 5.69. The van der Waals surface area contributed by atoms with Gasteiger partial charge in [0.2, 0.25) is 0 Å². The van der Waals surface area contributed by atoms with Crippen molar-refractivity contribution < 1.29 is 14.3 Å². The van der Waals surface area contributed by atoms with Crippen LogP contribution in [0.25, 0.3) is 0 Å². The van der Waals surface area contributed by atoms with Crippen molar-refractivity contribution in [3.8, 4) is 0 Å². The highest BCUT2D eigenvalue weighted by Crippen LogP contribution is 2.38. The highest BCUT2D eigenvalue weighted by atomic mass is 35.5. The number of hydrogen-bond donors (Lipinski definition) is 0. The second-order valence-electron chi connectivity index (χ2n) is 5.45. The molecule has 2 aromatic rings. The van der Waals surface area contributed by atoms with Crippen LogP contribution in [0.3, 0.4) is 0 Å². The van der Waals surface area contributed by atoms with Crippen molar-refractivity contribution in [3.05, 3.63) is 65.2 Å². The summed E-state index contributed by atoms with van der Waals surface area (Å²) in [7, 11) is 0. The first-order valence-corrected chi connectivity index (χ1v) is 7.63. The maximum atomic E-state index is 12.8. The van der Waals surface area contributed by atoms with Crippen molar-refractivity contribution in [2.45, 2.75) is 12.3 Å². The van der Waals surface area contributed by atoms with Gasteiger partial charge in [-0.25, -0.2) is 9.69 Å². The van der Waals surface area contributed by atoms with Gasteiger partial charge in [0.15, 0.2) is 6.23 Å². The molecular formula is C17H13ClN2O3. The van der Waals surface area contributed by atoms with E-state index in [0.717, 1.165) is 5.56 Å². The molecule has 23 heavy (non-hydrogen) atoms. The molecule has 0 aliphatic carbocycles. The molecule has 0 spiro atoms. The van der Waals surface area contributed by atoms with Gasteiger partial charge in [0, 0.05) is 10.6 Å². The fraction of sp³-hybridized carbons (Fsp3) is 0.176. The van der Waals surface area contributed by atoms with Gasteiger partial charge in [-0.1, -0.05) is 41.9 Å². The van der Waals surface area contributed by atoms with E-state index < -0.39 is 12.3 Å². The second kappa shape index (κ2) is 5.37. The fourth-order valence-corrected chi connectivity index (χ4v) is 3.12. The van der Waals surface area contributed by atoms with Crippen molar-refractivity contribution >= 4 is 29.2 Å². The molecule has 1 unspecified atom stereocenters. The Hall–Kier alpha value is -2.37. The Labute approximate surface area is 138 Å². The number of nitrogens with zero attached hydrogens (tertiary/aromatic N) is 2. The number of carbonyl (C=O) groups is 2. The third kappa shape index (κ3) is 2.20. The SMILES string of the molecule is O=C1[C@H]2COC(c3ccccc3)N2C(=O)N1c1ccc(Cl)cc1. The molecule has 0 saturated carbocycles. The monoisotopic (exact) mass is 328 g/mol. The van der Waals surface area contributed by atoms with E-state index in [1.165, 1.54) is 9.80 Å². The van der Waals surface area contributed by atoms with Crippen LogP contribution < -0.4 is 4.90 Å². The van der Waals surface area contributed by atoms with Gasteiger partial charge >= 0.3 is 6.03 Å². The van der Waals surface area contributed by atoms with E-state index in [1.54, 1.807) is 24.3 Å². The van der Waals surface area contributed by atoms with Gasteiger partial charge in [0.05, 0.1) is 12.3 Å². The molecule has 4 rings (SSSR count). The Morgan fingerprint density at radius 1 is 1.00 bits per heavy atom. The predicted molar refractivity (Wildman–Crippen MR) is 85.1 cm³/mol. The number of anilines is 1. The zero-order chi connectivity index (χ0) is 16.0. The molecule has 2 aliphatic heterocycles. The van der Waals surface area contributed by atoms with Crippen molar-refractivity contribution in [3.63, 3.8) is 0 Å². The van der Waals surface area contributed by atoms with Crippen LogP contribution in [-0.2, 0) is 9.53 Å². The average molecular weight is 329 g/mol. The van der Waals surface area contributed by atoms with Crippen molar-refractivity contribution in [2.75, 3.05) is 11.5 Å². The molecule has 2 saturated heterocycles. The molecule has 3 amide bonds. The minimum absolute atomic E-state index is 0.203. The summed E-state index contributed by atoms with van der Waals surface area (Å²) >= 11 is 5.87. The van der Waals surface area contributed by atoms with Gasteiger partial charge in [-0.05, 0) is 24.3 Å². The van der Waals surface area contributed by atoms with E-state index in [1.807, 2.05) is 30.3 Å². The lowest BCUT2D eigenvalue weighted by molar-refractivity contribution is -0.119. The van der Waals surface area contributed by atoms with Crippen LogP contribution in [-0.4, -0.2) is 29.5 Å². The standard InChI is InChI=1S/C17H13ClN2O3/c18-12-6-8-13(9-7-12)19-15(21)14-10-23-16(20(14)17(19)22)11-4-2-1-3-5-11/h1-9,14,16H,10H2/t14-,16?/m1/s1. The number of fused-ring (bicyclic) bond motifs is 1. The Balaban J connectivity index is 1.69. The minimum Gasteiger partial charge on any atom is -0.351 e. The fourth-order valence-electron chi connectivity index (χ4n) is 2.99. The molecule has 2 atom stereocenters. The number of ether oxygens (including phenoxy) is 1. The number of carbonyl (C=O) groups excluding carboxylic acids is 2. The number of hydrogen-bond acceptors (Lipinski definition) is 3. The number of amides is 3. The lowest BCUT2D eigenvalue weighted by Crippen LogP contribution is -2.34. The first-order chi connectivity index (χ1) is 11.2. The molecule has 2 aliphatic rings. The smallest absolute Gasteiger partial charge is 0.334 e. The summed E-state index contributed by atoms with van der Waals surface area (Å²) in [6.45, 7) is 0.203. The van der Waals surface area contributed by atoms with Crippen molar-refractivity contribution in [2.24, 2.45) is 0 Å². The largest absolute Gasteiger partial charge is 0.351 e. The summed E-state index contributed by atoms with van der Waals surface area (Å²) in [6.07, 6.45) is -0.532. The quantitative estimate of drug-likeness (QED) is 0.795. The summed E-state index contributed by atoms with van der Waals surface area (Å²) in [5, 5.41) is 0.554. The maximum absolute atomic E-state index is 12.8. The molecule has 2 aromatic carbocycles. The predicted octanol–water partition coefficient (Wildman–Crippen LogP) is 3.21. The number of rotatable bonds is 2. The molecule has 5 nitrogen and oxygen atoms in total. The topological polar surface area (TPSA) is 49.9 Å². The first-order valence-electron chi connectivity index (χ1n) is 7.25. The number of halogens is 1. The zero-order valence-electron chi connectivity index (χ0n) is 12.1. The van der Waals surface area contributed by atoms with E-state index in [-0.39, 0.29) is 18.5 Å². The Morgan fingerprint density at radius 3 is 2.39 bits per heavy atom. The molecule has 0 bridgehead atoms. The van der Waals surface area contributed by atoms with Gasteiger partial charge in [-0.3, -0.25) is 9.69 Å². The van der Waals surface area contributed by atoms with E-state index >= 15 is 0 Å². The minimum atomic E-state index is -0.580. The molecule has 0 radical (unpaired) electrons. The van der Waals surface area contributed by atoms with Crippen LogP contribution in [0.1, 0.15) is 11.8 Å². The van der Waals surface area contributed by atoms with Gasteiger partial charge in [0.1, 0.15) is 6.04 Å². The van der Waals surface area contributed by atoms with Gasteiger partial charge in [-0.2, -0.15) is 0 Å². The molecule has 2 heterocycles. The summed E-state index contributed by atoms with van der Waals surface area (Å²) in [5.41, 5.74) is 1.37. The number of imide groups is 1. The molecule has 0 aromatic heterocycles. The lowest BCUT2D eigenvalue weighted by Gasteiger charge is -2.22. The molecular weight excluding hydrogens is 316 g/mol. The van der Waals surface area contributed by atoms with Crippen molar-refractivity contribution in [1.82, 2.24) is 4.90 Å². The zero-order valence-corrected chi connectivity index (χ0v) is 12.8. The van der Waals surface area contributed by atoms with Gasteiger partial charge in [0.25, 0.3) is 5.91 Å². The third-order valence-corrected chi connectivity index (χ3v) is 4.34. The Kier molecular flexibility index (Phi) is 3.32. The van der Waals surface area contributed by atoms with Crippen LogP contribution in [0, 0.1) is 0 Å². The summed E-state index contributed by atoms with van der Waals surface area (Å²) in [6, 6.07) is 15.1. The van der Waals surface area contributed by atoms with Crippen LogP contribution in [0.2, 0.25) is 5.02 Å².